The molecule has 0 radical (unpaired) electrons. The lowest BCUT2D eigenvalue weighted by molar-refractivity contribution is -0.386. The number of nitrogens with zero attached hydrogens (tertiary/aromatic N) is 2. The summed E-state index contributed by atoms with van der Waals surface area (Å²) in [6, 6.07) is 3.47. The molecule has 1 aromatic carbocycles. The lowest BCUT2D eigenvalue weighted by atomic mass is 10.3. The van der Waals surface area contributed by atoms with E-state index in [1.165, 1.54) is 19.2 Å². The molecule has 1 fully saturated rings. The molecule has 1 atom stereocenters. The van der Waals surface area contributed by atoms with Crippen molar-refractivity contribution in [3.8, 4) is 5.75 Å². The summed E-state index contributed by atoms with van der Waals surface area (Å²) in [6.45, 7) is 0.200. The maximum atomic E-state index is 12.3. The lowest BCUT2D eigenvalue weighted by Gasteiger charge is -2.15. The van der Waals surface area contributed by atoms with Gasteiger partial charge >= 0.3 is 5.69 Å². The van der Waals surface area contributed by atoms with Crippen molar-refractivity contribution in [3.05, 3.63) is 28.3 Å². The van der Waals surface area contributed by atoms with Crippen molar-refractivity contribution >= 4 is 15.7 Å². The van der Waals surface area contributed by atoms with Crippen LogP contribution in [0.5, 0.6) is 5.75 Å². The normalized spacial score (nSPS) is 20.0. The predicted octanol–water partition coefficient (Wildman–Crippen LogP) is 0.359. The van der Waals surface area contributed by atoms with Gasteiger partial charge in [-0.3, -0.25) is 10.1 Å². The van der Waals surface area contributed by atoms with E-state index in [2.05, 4.69) is 0 Å². The van der Waals surface area contributed by atoms with E-state index in [0.29, 0.717) is 6.42 Å². The number of β-amino-alcohol motifs (C(OH)–C–C–N with tert-alkyl or cyclic N) is 1. The first kappa shape index (κ1) is 14.7. The van der Waals surface area contributed by atoms with Gasteiger partial charge in [0.1, 0.15) is 0 Å². The molecule has 1 aromatic rings. The SMILES string of the molecule is COc1ccc(S(=O)(=O)N2CC[C@H](O)C2)cc1[N+](=O)[O-]. The van der Waals surface area contributed by atoms with E-state index >= 15 is 0 Å². The van der Waals surface area contributed by atoms with Crippen molar-refractivity contribution in [2.45, 2.75) is 17.4 Å². The quantitative estimate of drug-likeness (QED) is 0.635. The number of nitro benzene ring substituents is 1. The number of hydrogen-bond donors (Lipinski definition) is 1. The molecule has 1 heterocycles. The fourth-order valence-corrected chi connectivity index (χ4v) is 3.56. The standard InChI is InChI=1S/C11H14N2O6S/c1-19-11-3-2-9(6-10(11)13(15)16)20(17,18)12-5-4-8(14)7-12/h2-3,6,8,14H,4-5,7H2,1H3/t8-/m0/s1. The minimum absolute atomic E-state index is 0.00214. The van der Waals surface area contributed by atoms with E-state index < -0.39 is 26.7 Å². The average molecular weight is 302 g/mol. The van der Waals surface area contributed by atoms with Crippen molar-refractivity contribution in [3.63, 3.8) is 0 Å². The molecule has 0 saturated carbocycles. The highest BCUT2D eigenvalue weighted by molar-refractivity contribution is 7.89. The van der Waals surface area contributed by atoms with Crippen LogP contribution >= 0.6 is 0 Å². The van der Waals surface area contributed by atoms with Gasteiger partial charge in [0.05, 0.1) is 23.0 Å². The maximum absolute atomic E-state index is 12.3. The highest BCUT2D eigenvalue weighted by Crippen LogP contribution is 2.31. The molecule has 9 heteroatoms. The highest BCUT2D eigenvalue weighted by atomic mass is 32.2. The number of aliphatic hydroxyl groups is 1. The summed E-state index contributed by atoms with van der Waals surface area (Å²) in [4.78, 5) is 10.0. The number of benzene rings is 1. The van der Waals surface area contributed by atoms with Crippen LogP contribution in [0.1, 0.15) is 6.42 Å². The Kier molecular flexibility index (Phi) is 3.93. The topological polar surface area (TPSA) is 110 Å². The molecule has 0 amide bonds. The summed E-state index contributed by atoms with van der Waals surface area (Å²) in [5.41, 5.74) is -0.409. The summed E-state index contributed by atoms with van der Waals surface area (Å²) in [6.07, 6.45) is -0.338. The van der Waals surface area contributed by atoms with Crippen molar-refractivity contribution in [1.82, 2.24) is 4.31 Å². The van der Waals surface area contributed by atoms with Crippen LogP contribution in [-0.4, -0.2) is 49.1 Å². The molecule has 0 spiro atoms. The molecule has 0 aromatic heterocycles. The summed E-state index contributed by atoms with van der Waals surface area (Å²) < 4.78 is 30.6. The van der Waals surface area contributed by atoms with Crippen molar-refractivity contribution in [2.75, 3.05) is 20.2 Å². The summed E-state index contributed by atoms with van der Waals surface area (Å²) >= 11 is 0. The van der Waals surface area contributed by atoms with Crippen LogP contribution < -0.4 is 4.74 Å². The van der Waals surface area contributed by atoms with Gasteiger partial charge in [-0.2, -0.15) is 4.31 Å². The first-order valence-electron chi connectivity index (χ1n) is 5.87. The molecule has 20 heavy (non-hydrogen) atoms. The Hall–Kier alpha value is -1.71. The van der Waals surface area contributed by atoms with Gasteiger partial charge in [-0.05, 0) is 18.6 Å². The Balaban J connectivity index is 2.42. The minimum atomic E-state index is -3.84. The molecule has 1 saturated heterocycles. The highest BCUT2D eigenvalue weighted by Gasteiger charge is 2.33. The molecule has 0 bridgehead atoms. The molecule has 0 aliphatic carbocycles. The Morgan fingerprint density at radius 2 is 2.20 bits per heavy atom. The fraction of sp³-hybridized carbons (Fsp3) is 0.455. The van der Waals surface area contributed by atoms with Crippen LogP contribution in [0.2, 0.25) is 0 Å². The second-order valence-electron chi connectivity index (χ2n) is 4.40. The molecule has 110 valence electrons. The second-order valence-corrected chi connectivity index (χ2v) is 6.33. The van der Waals surface area contributed by atoms with E-state index in [1.807, 2.05) is 0 Å². The van der Waals surface area contributed by atoms with Gasteiger partial charge in [-0.15, -0.1) is 0 Å². The van der Waals surface area contributed by atoms with Gasteiger partial charge in [-0.25, -0.2) is 8.42 Å². The molecule has 1 aliphatic rings. The zero-order chi connectivity index (χ0) is 14.9. The van der Waals surface area contributed by atoms with E-state index in [9.17, 15) is 23.6 Å². The Bertz CT molecular complexity index is 630. The third kappa shape index (κ3) is 2.60. The summed E-state index contributed by atoms with van der Waals surface area (Å²) in [7, 11) is -2.57. The van der Waals surface area contributed by atoms with E-state index in [-0.39, 0.29) is 23.7 Å². The van der Waals surface area contributed by atoms with E-state index in [1.54, 1.807) is 0 Å². The van der Waals surface area contributed by atoms with Gasteiger partial charge < -0.3 is 9.84 Å². The zero-order valence-electron chi connectivity index (χ0n) is 10.7. The molecular formula is C11H14N2O6S. The number of rotatable bonds is 4. The minimum Gasteiger partial charge on any atom is -0.490 e. The summed E-state index contributed by atoms with van der Waals surface area (Å²) in [5.74, 6) is -0.00425. The molecule has 1 aliphatic heterocycles. The van der Waals surface area contributed by atoms with Crippen LogP contribution in [-0.2, 0) is 10.0 Å². The Labute approximate surface area is 115 Å². The Morgan fingerprint density at radius 1 is 1.50 bits per heavy atom. The Morgan fingerprint density at radius 3 is 2.70 bits per heavy atom. The first-order chi connectivity index (χ1) is 9.36. The van der Waals surface area contributed by atoms with Gasteiger partial charge in [-0.1, -0.05) is 0 Å². The van der Waals surface area contributed by atoms with Gasteiger partial charge in [0.2, 0.25) is 10.0 Å². The fourth-order valence-electron chi connectivity index (χ4n) is 2.05. The molecule has 2 rings (SSSR count). The van der Waals surface area contributed by atoms with Crippen molar-refractivity contribution in [1.29, 1.82) is 0 Å². The molecule has 1 N–H and O–H groups in total. The lowest BCUT2D eigenvalue weighted by Crippen LogP contribution is -2.29. The number of methoxy groups -OCH3 is 1. The number of sulfonamides is 1. The maximum Gasteiger partial charge on any atom is 0.312 e. The second kappa shape index (κ2) is 5.35. The van der Waals surface area contributed by atoms with Crippen LogP contribution in [0.4, 0.5) is 5.69 Å². The number of ether oxygens (including phenoxy) is 1. The number of hydrogen-bond acceptors (Lipinski definition) is 6. The van der Waals surface area contributed by atoms with Crippen LogP contribution in [0.15, 0.2) is 23.1 Å². The van der Waals surface area contributed by atoms with E-state index in [4.69, 9.17) is 4.74 Å². The molecule has 8 nitrogen and oxygen atoms in total. The monoisotopic (exact) mass is 302 g/mol. The summed E-state index contributed by atoms with van der Waals surface area (Å²) in [5, 5.41) is 20.3. The van der Waals surface area contributed by atoms with Crippen molar-refractivity contribution < 1.29 is 23.2 Å². The zero-order valence-corrected chi connectivity index (χ0v) is 11.5. The molecule has 0 unspecified atom stereocenters. The third-order valence-corrected chi connectivity index (χ3v) is 4.97. The van der Waals surface area contributed by atoms with E-state index in [0.717, 1.165) is 10.4 Å². The van der Waals surface area contributed by atoms with Gasteiger partial charge in [0.15, 0.2) is 5.75 Å². The van der Waals surface area contributed by atoms with Gasteiger partial charge in [0, 0.05) is 19.2 Å². The van der Waals surface area contributed by atoms with Crippen LogP contribution in [0.25, 0.3) is 0 Å². The largest absolute Gasteiger partial charge is 0.490 e. The van der Waals surface area contributed by atoms with Crippen molar-refractivity contribution in [2.24, 2.45) is 0 Å². The molecular weight excluding hydrogens is 288 g/mol. The number of aliphatic hydroxyl groups excluding tert-OH is 1. The van der Waals surface area contributed by atoms with Crippen LogP contribution in [0.3, 0.4) is 0 Å². The first-order valence-corrected chi connectivity index (χ1v) is 7.31. The predicted molar refractivity (Wildman–Crippen MR) is 69.0 cm³/mol. The van der Waals surface area contributed by atoms with Gasteiger partial charge in [0.25, 0.3) is 0 Å². The third-order valence-electron chi connectivity index (χ3n) is 3.11. The average Bonchev–Trinajstić information content (AvgIpc) is 2.85. The smallest absolute Gasteiger partial charge is 0.312 e. The van der Waals surface area contributed by atoms with Crippen LogP contribution in [0, 0.1) is 10.1 Å². The number of nitro groups is 1.